The maximum atomic E-state index is 6.05. The number of rotatable bonds is 2. The molecule has 1 aromatic carbocycles. The Bertz CT molecular complexity index is 535. The minimum absolute atomic E-state index is 0.520. The minimum Gasteiger partial charge on any atom is -0.398 e. The van der Waals surface area contributed by atoms with E-state index in [0.717, 1.165) is 11.5 Å². The monoisotopic (exact) mass is 283 g/mol. The minimum atomic E-state index is 0.520. The van der Waals surface area contributed by atoms with Gasteiger partial charge in [0.15, 0.2) is 0 Å². The summed E-state index contributed by atoms with van der Waals surface area (Å²) in [6.07, 6.45) is 1.66. The van der Waals surface area contributed by atoms with Crippen molar-refractivity contribution < 1.29 is 4.57 Å². The zero-order valence-electron chi connectivity index (χ0n) is 10.1. The number of nitrogens with two attached hydrogens (primary N) is 1. The summed E-state index contributed by atoms with van der Waals surface area (Å²) in [6.45, 7) is 0. The summed E-state index contributed by atoms with van der Waals surface area (Å²) in [5, 5.41) is 1.13. The lowest BCUT2D eigenvalue weighted by Gasteiger charge is -2.15. The first-order valence-electron chi connectivity index (χ1n) is 5.29. The Labute approximate surface area is 116 Å². The lowest BCUT2D eigenvalue weighted by atomic mass is 10.2. The van der Waals surface area contributed by atoms with Crippen molar-refractivity contribution in [1.29, 1.82) is 0 Å². The molecule has 6 heteroatoms. The lowest BCUT2D eigenvalue weighted by molar-refractivity contribution is -0.672. The molecule has 0 atom stereocenters. The summed E-state index contributed by atoms with van der Waals surface area (Å²) in [5.74, 6) is 0.735. The molecule has 0 saturated carbocycles. The molecular formula is C12H13Cl2N4+. The Morgan fingerprint density at radius 3 is 2.61 bits per heavy atom. The fourth-order valence-corrected chi connectivity index (χ4v) is 1.80. The van der Waals surface area contributed by atoms with Gasteiger partial charge in [0, 0.05) is 12.7 Å². The van der Waals surface area contributed by atoms with Gasteiger partial charge in [-0.25, -0.2) is 4.57 Å². The molecule has 94 valence electrons. The van der Waals surface area contributed by atoms with Crippen LogP contribution in [0.15, 0.2) is 30.6 Å². The van der Waals surface area contributed by atoms with Crippen LogP contribution < -0.4 is 15.2 Å². The number of hydrogen-bond donors (Lipinski definition) is 1. The first-order chi connectivity index (χ1) is 8.49. The number of hydrogen-bond acceptors (Lipinski definition) is 3. The molecule has 0 unspecified atom stereocenters. The van der Waals surface area contributed by atoms with Crippen LogP contribution in [0.25, 0.3) is 0 Å². The first-order valence-corrected chi connectivity index (χ1v) is 6.04. The first kappa shape index (κ1) is 12.9. The Kier molecular flexibility index (Phi) is 3.59. The van der Waals surface area contributed by atoms with E-state index in [0.29, 0.717) is 15.9 Å². The maximum Gasteiger partial charge on any atom is 0.289 e. The number of aromatic nitrogens is 2. The topological polar surface area (TPSA) is 46.0 Å². The van der Waals surface area contributed by atoms with Gasteiger partial charge in [0.2, 0.25) is 5.15 Å². The smallest absolute Gasteiger partial charge is 0.289 e. The average Bonchev–Trinajstić information content (AvgIpc) is 2.35. The Morgan fingerprint density at radius 2 is 2.00 bits per heavy atom. The largest absolute Gasteiger partial charge is 0.398 e. The molecule has 0 saturated heterocycles. The van der Waals surface area contributed by atoms with Crippen LogP contribution in [0, 0.1) is 0 Å². The van der Waals surface area contributed by atoms with Gasteiger partial charge in [0.1, 0.15) is 0 Å². The zero-order chi connectivity index (χ0) is 13.3. The standard InChI is InChI=1S/C12H13Cl2N4/c1-17-7-16-12(6-11(17)14)18(2)8-3-4-10(15)9(13)5-8/h3-7H,15H2,1-2H3/q+1. The van der Waals surface area contributed by atoms with E-state index in [1.54, 1.807) is 29.1 Å². The lowest BCUT2D eigenvalue weighted by Crippen LogP contribution is -2.30. The third-order valence-corrected chi connectivity index (χ3v) is 3.37. The van der Waals surface area contributed by atoms with Crippen molar-refractivity contribution in [2.75, 3.05) is 17.7 Å². The van der Waals surface area contributed by atoms with Crippen molar-refractivity contribution in [2.45, 2.75) is 0 Å². The van der Waals surface area contributed by atoms with Gasteiger partial charge < -0.3 is 10.6 Å². The van der Waals surface area contributed by atoms with Crippen molar-refractivity contribution >= 4 is 40.4 Å². The summed E-state index contributed by atoms with van der Waals surface area (Å²) in [6, 6.07) is 7.22. The van der Waals surface area contributed by atoms with Gasteiger partial charge in [0.05, 0.1) is 23.8 Å². The second-order valence-electron chi connectivity index (χ2n) is 3.95. The molecule has 0 fully saturated rings. The Balaban J connectivity index is 2.37. The summed E-state index contributed by atoms with van der Waals surface area (Å²) in [5.41, 5.74) is 7.13. The van der Waals surface area contributed by atoms with Crippen LogP contribution in [0.4, 0.5) is 17.2 Å². The highest BCUT2D eigenvalue weighted by molar-refractivity contribution is 6.33. The van der Waals surface area contributed by atoms with Crippen LogP contribution in [0.5, 0.6) is 0 Å². The molecule has 4 nitrogen and oxygen atoms in total. The molecule has 0 bridgehead atoms. The predicted molar refractivity (Wildman–Crippen MR) is 74.4 cm³/mol. The second-order valence-corrected chi connectivity index (χ2v) is 4.74. The molecule has 18 heavy (non-hydrogen) atoms. The summed E-state index contributed by atoms with van der Waals surface area (Å²) < 4.78 is 1.73. The molecule has 0 spiro atoms. The molecule has 2 rings (SSSR count). The number of nitrogen functional groups attached to an aromatic ring is 1. The molecule has 0 aliphatic heterocycles. The van der Waals surface area contributed by atoms with Crippen molar-refractivity contribution in [1.82, 2.24) is 4.98 Å². The van der Waals surface area contributed by atoms with E-state index in [9.17, 15) is 0 Å². The van der Waals surface area contributed by atoms with Gasteiger partial charge in [0.25, 0.3) is 12.1 Å². The van der Waals surface area contributed by atoms with E-state index in [4.69, 9.17) is 28.9 Å². The van der Waals surface area contributed by atoms with Gasteiger partial charge in [-0.1, -0.05) is 11.6 Å². The van der Waals surface area contributed by atoms with Crippen LogP contribution in [-0.4, -0.2) is 12.0 Å². The third-order valence-electron chi connectivity index (χ3n) is 2.66. The fourth-order valence-electron chi connectivity index (χ4n) is 1.49. The molecule has 0 amide bonds. The number of nitrogens with zero attached hydrogens (tertiary/aromatic N) is 3. The maximum absolute atomic E-state index is 6.05. The van der Waals surface area contributed by atoms with Crippen molar-refractivity contribution in [3.63, 3.8) is 0 Å². The van der Waals surface area contributed by atoms with Crippen molar-refractivity contribution in [3.8, 4) is 0 Å². The molecule has 2 aromatic rings. The van der Waals surface area contributed by atoms with Gasteiger partial charge in [-0.2, -0.15) is 0 Å². The van der Waals surface area contributed by atoms with Gasteiger partial charge >= 0.3 is 0 Å². The number of aryl methyl sites for hydroxylation is 1. The van der Waals surface area contributed by atoms with E-state index in [1.807, 2.05) is 25.1 Å². The highest BCUT2D eigenvalue weighted by Crippen LogP contribution is 2.28. The zero-order valence-corrected chi connectivity index (χ0v) is 11.6. The molecule has 1 heterocycles. The fraction of sp³-hybridized carbons (Fsp3) is 0.167. The SMILES string of the molecule is CN(c1ccc(N)c(Cl)c1)c1cc(Cl)[n+](C)cn1. The van der Waals surface area contributed by atoms with E-state index in [-0.39, 0.29) is 0 Å². The van der Waals surface area contributed by atoms with E-state index in [2.05, 4.69) is 4.98 Å². The second kappa shape index (κ2) is 5.00. The van der Waals surface area contributed by atoms with E-state index < -0.39 is 0 Å². The molecule has 2 N–H and O–H groups in total. The number of halogens is 2. The molecule has 0 radical (unpaired) electrons. The van der Waals surface area contributed by atoms with Crippen LogP contribution in [0.1, 0.15) is 0 Å². The molecule has 0 aliphatic carbocycles. The van der Waals surface area contributed by atoms with Crippen LogP contribution in [-0.2, 0) is 7.05 Å². The van der Waals surface area contributed by atoms with Gasteiger partial charge in [-0.15, -0.1) is 0 Å². The van der Waals surface area contributed by atoms with Gasteiger partial charge in [-0.05, 0) is 34.8 Å². The third kappa shape index (κ3) is 2.49. The summed E-state index contributed by atoms with van der Waals surface area (Å²) in [7, 11) is 3.72. The van der Waals surface area contributed by atoms with Crippen LogP contribution >= 0.6 is 23.2 Å². The summed E-state index contributed by atoms with van der Waals surface area (Å²) in [4.78, 5) is 6.18. The Morgan fingerprint density at radius 1 is 1.28 bits per heavy atom. The van der Waals surface area contributed by atoms with Crippen molar-refractivity contribution in [3.05, 3.63) is 40.8 Å². The molecular weight excluding hydrogens is 271 g/mol. The molecule has 0 aliphatic rings. The summed E-state index contributed by atoms with van der Waals surface area (Å²) >= 11 is 12.1. The normalized spacial score (nSPS) is 10.4. The Hall–Kier alpha value is -1.52. The number of benzene rings is 1. The van der Waals surface area contributed by atoms with Gasteiger partial charge in [-0.3, -0.25) is 0 Å². The van der Waals surface area contributed by atoms with Crippen LogP contribution in [0.2, 0.25) is 10.2 Å². The van der Waals surface area contributed by atoms with E-state index in [1.165, 1.54) is 0 Å². The average molecular weight is 284 g/mol. The molecule has 1 aromatic heterocycles. The predicted octanol–water partition coefficient (Wildman–Crippen LogP) is 2.56. The van der Waals surface area contributed by atoms with Crippen molar-refractivity contribution in [2.24, 2.45) is 7.05 Å². The quantitative estimate of drug-likeness (QED) is 0.524. The number of anilines is 3. The van der Waals surface area contributed by atoms with Crippen LogP contribution in [0.3, 0.4) is 0 Å². The highest BCUT2D eigenvalue weighted by atomic mass is 35.5. The highest BCUT2D eigenvalue weighted by Gasteiger charge is 2.13. The van der Waals surface area contributed by atoms with E-state index >= 15 is 0 Å².